The van der Waals surface area contributed by atoms with Gasteiger partial charge in [0.25, 0.3) is 0 Å². The van der Waals surface area contributed by atoms with E-state index in [9.17, 15) is 0 Å². The zero-order valence-corrected chi connectivity index (χ0v) is 9.20. The van der Waals surface area contributed by atoms with Gasteiger partial charge < -0.3 is 5.73 Å². The molecular formula is C13H16N2. The van der Waals surface area contributed by atoms with Crippen LogP contribution in [0.15, 0.2) is 24.3 Å². The summed E-state index contributed by atoms with van der Waals surface area (Å²) in [5.74, 6) is 0.542. The second-order valence-electron chi connectivity index (χ2n) is 4.95. The van der Waals surface area contributed by atoms with E-state index in [0.29, 0.717) is 12.0 Å². The van der Waals surface area contributed by atoms with Crippen LogP contribution in [0.1, 0.15) is 37.3 Å². The van der Waals surface area contributed by atoms with Crippen LogP contribution in [0.5, 0.6) is 0 Å². The quantitative estimate of drug-likeness (QED) is 0.756. The van der Waals surface area contributed by atoms with Crippen LogP contribution in [0.25, 0.3) is 0 Å². The Hall–Kier alpha value is -1.33. The summed E-state index contributed by atoms with van der Waals surface area (Å²) in [6, 6.07) is 10.3. The number of hydrogen-bond donors (Lipinski definition) is 1. The van der Waals surface area contributed by atoms with Crippen molar-refractivity contribution in [3.05, 3.63) is 35.4 Å². The average molecular weight is 200 g/mol. The first-order valence-electron chi connectivity index (χ1n) is 5.31. The molecule has 0 aromatic heterocycles. The van der Waals surface area contributed by atoms with Crippen molar-refractivity contribution < 1.29 is 0 Å². The highest BCUT2D eigenvalue weighted by atomic mass is 14.8. The second kappa shape index (κ2) is 3.36. The standard InChI is InChI=1S/C13H16N2/c1-13(2)11(7-12(13)15)10-5-3-9(8-14)4-6-10/h3-6,11-12H,7,15H2,1-2H3. The van der Waals surface area contributed by atoms with Crippen molar-refractivity contribution in [3.8, 4) is 6.07 Å². The second-order valence-corrected chi connectivity index (χ2v) is 4.95. The van der Waals surface area contributed by atoms with Gasteiger partial charge >= 0.3 is 0 Å². The zero-order valence-electron chi connectivity index (χ0n) is 9.20. The van der Waals surface area contributed by atoms with Crippen LogP contribution in [0.3, 0.4) is 0 Å². The highest BCUT2D eigenvalue weighted by molar-refractivity contribution is 5.35. The van der Waals surface area contributed by atoms with Gasteiger partial charge in [-0.15, -0.1) is 0 Å². The van der Waals surface area contributed by atoms with Gasteiger partial charge in [0.1, 0.15) is 0 Å². The molecule has 0 amide bonds. The van der Waals surface area contributed by atoms with Crippen molar-refractivity contribution in [3.63, 3.8) is 0 Å². The van der Waals surface area contributed by atoms with Gasteiger partial charge in [-0.1, -0.05) is 26.0 Å². The Morgan fingerprint density at radius 3 is 2.33 bits per heavy atom. The first kappa shape index (κ1) is 10.2. The van der Waals surface area contributed by atoms with Gasteiger partial charge in [0.2, 0.25) is 0 Å². The van der Waals surface area contributed by atoms with Crippen LogP contribution in [0.4, 0.5) is 0 Å². The highest BCUT2D eigenvalue weighted by Crippen LogP contribution is 2.51. The molecule has 0 radical (unpaired) electrons. The Labute approximate surface area is 90.7 Å². The molecule has 1 aromatic rings. The molecule has 1 fully saturated rings. The predicted molar refractivity (Wildman–Crippen MR) is 60.3 cm³/mol. The Morgan fingerprint density at radius 2 is 1.93 bits per heavy atom. The molecule has 2 atom stereocenters. The minimum absolute atomic E-state index is 0.189. The van der Waals surface area contributed by atoms with Gasteiger partial charge in [-0.3, -0.25) is 0 Å². The fraction of sp³-hybridized carbons (Fsp3) is 0.462. The first-order valence-corrected chi connectivity index (χ1v) is 5.31. The largest absolute Gasteiger partial charge is 0.327 e. The van der Waals surface area contributed by atoms with Gasteiger partial charge in [0.05, 0.1) is 11.6 Å². The molecule has 0 saturated heterocycles. The van der Waals surface area contributed by atoms with Crippen molar-refractivity contribution in [2.24, 2.45) is 11.1 Å². The Bertz CT molecular complexity index is 398. The van der Waals surface area contributed by atoms with Crippen molar-refractivity contribution in [2.75, 3.05) is 0 Å². The number of hydrogen-bond acceptors (Lipinski definition) is 2. The van der Waals surface area contributed by atoms with Crippen molar-refractivity contribution >= 4 is 0 Å². The summed E-state index contributed by atoms with van der Waals surface area (Å²) in [5.41, 5.74) is 8.20. The first-order chi connectivity index (χ1) is 7.05. The maximum absolute atomic E-state index is 8.71. The fourth-order valence-electron chi connectivity index (χ4n) is 2.31. The molecule has 0 aliphatic heterocycles. The maximum Gasteiger partial charge on any atom is 0.0991 e. The highest BCUT2D eigenvalue weighted by Gasteiger charge is 2.46. The summed E-state index contributed by atoms with van der Waals surface area (Å²) >= 11 is 0. The fourth-order valence-corrected chi connectivity index (χ4v) is 2.31. The molecule has 0 heterocycles. The lowest BCUT2D eigenvalue weighted by Gasteiger charge is -2.50. The van der Waals surface area contributed by atoms with E-state index in [2.05, 4.69) is 32.0 Å². The van der Waals surface area contributed by atoms with Gasteiger partial charge in [-0.2, -0.15) is 5.26 Å². The topological polar surface area (TPSA) is 49.8 Å². The molecule has 1 aliphatic carbocycles. The lowest BCUT2D eigenvalue weighted by Crippen LogP contribution is -2.52. The number of nitrogens with zero attached hydrogens (tertiary/aromatic N) is 1. The number of nitrogens with two attached hydrogens (primary N) is 1. The lowest BCUT2D eigenvalue weighted by atomic mass is 9.57. The van der Waals surface area contributed by atoms with E-state index in [-0.39, 0.29) is 5.41 Å². The molecule has 2 rings (SSSR count). The van der Waals surface area contributed by atoms with E-state index >= 15 is 0 Å². The normalized spacial score (nSPS) is 27.9. The summed E-state index contributed by atoms with van der Waals surface area (Å²) in [5, 5.41) is 8.71. The Morgan fingerprint density at radius 1 is 1.33 bits per heavy atom. The molecule has 2 N–H and O–H groups in total. The Balaban J connectivity index is 2.22. The van der Waals surface area contributed by atoms with Crippen LogP contribution in [-0.2, 0) is 0 Å². The smallest absolute Gasteiger partial charge is 0.0991 e. The average Bonchev–Trinajstić information content (AvgIpc) is 2.26. The van der Waals surface area contributed by atoms with Crippen LogP contribution >= 0.6 is 0 Å². The van der Waals surface area contributed by atoms with E-state index in [0.717, 1.165) is 12.0 Å². The minimum atomic E-state index is 0.189. The van der Waals surface area contributed by atoms with E-state index in [1.165, 1.54) is 5.56 Å². The van der Waals surface area contributed by atoms with Crippen LogP contribution in [0.2, 0.25) is 0 Å². The number of benzene rings is 1. The van der Waals surface area contributed by atoms with E-state index in [1.54, 1.807) is 0 Å². The van der Waals surface area contributed by atoms with Crippen LogP contribution in [0, 0.1) is 16.7 Å². The molecule has 2 nitrogen and oxygen atoms in total. The molecule has 1 saturated carbocycles. The monoisotopic (exact) mass is 200 g/mol. The van der Waals surface area contributed by atoms with E-state index < -0.39 is 0 Å². The van der Waals surface area contributed by atoms with Crippen LogP contribution < -0.4 is 5.73 Å². The van der Waals surface area contributed by atoms with Gasteiger partial charge in [0, 0.05) is 6.04 Å². The van der Waals surface area contributed by atoms with Crippen LogP contribution in [-0.4, -0.2) is 6.04 Å². The molecule has 78 valence electrons. The van der Waals surface area contributed by atoms with Gasteiger partial charge in [-0.05, 0) is 35.4 Å². The summed E-state index contributed by atoms with van der Waals surface area (Å²) in [6.07, 6.45) is 1.05. The molecule has 2 unspecified atom stereocenters. The third-order valence-corrected chi connectivity index (χ3v) is 3.79. The summed E-state index contributed by atoms with van der Waals surface area (Å²) in [7, 11) is 0. The molecule has 0 spiro atoms. The molecule has 0 bridgehead atoms. The molecule has 2 heteroatoms. The third-order valence-electron chi connectivity index (χ3n) is 3.79. The minimum Gasteiger partial charge on any atom is -0.327 e. The maximum atomic E-state index is 8.71. The number of rotatable bonds is 1. The molecule has 1 aliphatic rings. The van der Waals surface area contributed by atoms with Gasteiger partial charge in [0.15, 0.2) is 0 Å². The summed E-state index contributed by atoms with van der Waals surface area (Å²) in [6.45, 7) is 4.42. The summed E-state index contributed by atoms with van der Waals surface area (Å²) < 4.78 is 0. The van der Waals surface area contributed by atoms with Crippen molar-refractivity contribution in [1.29, 1.82) is 5.26 Å². The molecule has 1 aromatic carbocycles. The van der Waals surface area contributed by atoms with Gasteiger partial charge in [-0.25, -0.2) is 0 Å². The zero-order chi connectivity index (χ0) is 11.1. The third kappa shape index (κ3) is 1.53. The summed E-state index contributed by atoms with van der Waals surface area (Å²) in [4.78, 5) is 0. The SMILES string of the molecule is CC1(C)C(N)CC1c1ccc(C#N)cc1. The Kier molecular flexibility index (Phi) is 2.28. The molecule has 15 heavy (non-hydrogen) atoms. The molecular weight excluding hydrogens is 184 g/mol. The van der Waals surface area contributed by atoms with Crippen molar-refractivity contribution in [1.82, 2.24) is 0 Å². The predicted octanol–water partition coefficient (Wildman–Crippen LogP) is 2.40. The number of nitriles is 1. The lowest BCUT2D eigenvalue weighted by molar-refractivity contribution is 0.0984. The van der Waals surface area contributed by atoms with E-state index in [4.69, 9.17) is 11.0 Å². The van der Waals surface area contributed by atoms with E-state index in [1.807, 2.05) is 12.1 Å². The van der Waals surface area contributed by atoms with Crippen molar-refractivity contribution in [2.45, 2.75) is 32.2 Å².